The van der Waals surface area contributed by atoms with Crippen LogP contribution in [0.1, 0.15) is 65.2 Å². The van der Waals surface area contributed by atoms with Gasteiger partial charge < -0.3 is 4.74 Å². The van der Waals surface area contributed by atoms with E-state index in [-0.39, 0.29) is 5.97 Å². The molecule has 0 aliphatic carbocycles. The summed E-state index contributed by atoms with van der Waals surface area (Å²) in [6.07, 6.45) is 18.3. The molecule has 0 aliphatic rings. The molecule has 2 nitrogen and oxygen atoms in total. The highest BCUT2D eigenvalue weighted by Gasteiger charge is 1.93. The molecule has 0 saturated carbocycles. The Labute approximate surface area is 112 Å². The van der Waals surface area contributed by atoms with Gasteiger partial charge in [0.25, 0.3) is 0 Å². The number of esters is 1. The van der Waals surface area contributed by atoms with Crippen molar-refractivity contribution in [3.63, 3.8) is 0 Å². The van der Waals surface area contributed by atoms with Crippen LogP contribution in [0.3, 0.4) is 0 Å². The molecule has 0 unspecified atom stereocenters. The van der Waals surface area contributed by atoms with Crippen LogP contribution >= 0.6 is 0 Å². The molecule has 0 amide bonds. The number of allylic oxidation sites excluding steroid dienone is 4. The second-order valence-electron chi connectivity index (χ2n) is 4.53. The van der Waals surface area contributed by atoms with E-state index in [2.05, 4.69) is 31.2 Å². The first-order valence-electron chi connectivity index (χ1n) is 7.17. The third-order valence-electron chi connectivity index (χ3n) is 2.74. The van der Waals surface area contributed by atoms with Gasteiger partial charge in [0, 0.05) is 6.92 Å². The Morgan fingerprint density at radius 1 is 0.944 bits per heavy atom. The highest BCUT2D eigenvalue weighted by molar-refractivity contribution is 5.65. The molecule has 0 rings (SSSR count). The van der Waals surface area contributed by atoms with Gasteiger partial charge >= 0.3 is 5.97 Å². The lowest BCUT2D eigenvalue weighted by molar-refractivity contribution is -0.141. The van der Waals surface area contributed by atoms with Crippen LogP contribution in [-0.4, -0.2) is 12.6 Å². The van der Waals surface area contributed by atoms with E-state index in [1.165, 1.54) is 45.4 Å². The second kappa shape index (κ2) is 14.0. The number of hydrogen-bond acceptors (Lipinski definition) is 2. The Balaban J connectivity index is 3.07. The quantitative estimate of drug-likeness (QED) is 0.300. The summed E-state index contributed by atoms with van der Waals surface area (Å²) in [5.74, 6) is -0.167. The van der Waals surface area contributed by atoms with Crippen molar-refractivity contribution in [1.29, 1.82) is 0 Å². The third-order valence-corrected chi connectivity index (χ3v) is 2.74. The number of carbonyl (C=O) groups is 1. The fourth-order valence-electron chi connectivity index (χ4n) is 1.72. The molecule has 0 aliphatic heterocycles. The van der Waals surface area contributed by atoms with Gasteiger partial charge in [0.2, 0.25) is 0 Å². The predicted molar refractivity (Wildman–Crippen MR) is 77.5 cm³/mol. The van der Waals surface area contributed by atoms with E-state index in [1.807, 2.05) is 0 Å². The smallest absolute Gasteiger partial charge is 0.302 e. The summed E-state index contributed by atoms with van der Waals surface area (Å²) < 4.78 is 4.88. The average molecular weight is 252 g/mol. The van der Waals surface area contributed by atoms with Gasteiger partial charge in [-0.25, -0.2) is 0 Å². The minimum Gasteiger partial charge on any atom is -0.466 e. The predicted octanol–water partition coefficient (Wildman–Crippen LogP) is 4.80. The fraction of sp³-hybridized carbons (Fsp3) is 0.688. The minimum absolute atomic E-state index is 0.167. The van der Waals surface area contributed by atoms with Gasteiger partial charge in [0.05, 0.1) is 6.61 Å². The summed E-state index contributed by atoms with van der Waals surface area (Å²) in [7, 11) is 0. The zero-order valence-corrected chi connectivity index (χ0v) is 12.0. The molecular weight excluding hydrogens is 224 g/mol. The Morgan fingerprint density at radius 2 is 1.61 bits per heavy atom. The van der Waals surface area contributed by atoms with Gasteiger partial charge in [-0.3, -0.25) is 4.79 Å². The molecule has 0 heterocycles. The average Bonchev–Trinajstić information content (AvgIpc) is 2.34. The Morgan fingerprint density at radius 3 is 2.28 bits per heavy atom. The summed E-state index contributed by atoms with van der Waals surface area (Å²) in [4.78, 5) is 10.5. The van der Waals surface area contributed by atoms with Crippen LogP contribution in [0.5, 0.6) is 0 Å². The van der Waals surface area contributed by atoms with Crippen LogP contribution in [0.15, 0.2) is 24.3 Å². The fourth-order valence-corrected chi connectivity index (χ4v) is 1.72. The molecule has 2 heteroatoms. The highest BCUT2D eigenvalue weighted by Crippen LogP contribution is 2.08. The molecule has 0 bridgehead atoms. The molecule has 18 heavy (non-hydrogen) atoms. The van der Waals surface area contributed by atoms with E-state index >= 15 is 0 Å². The van der Waals surface area contributed by atoms with Crippen molar-refractivity contribution in [1.82, 2.24) is 0 Å². The normalized spacial score (nSPS) is 11.4. The van der Waals surface area contributed by atoms with Crippen molar-refractivity contribution >= 4 is 5.97 Å². The summed E-state index contributed by atoms with van der Waals surface area (Å²) in [5, 5.41) is 0. The first-order chi connectivity index (χ1) is 8.77. The number of hydrogen-bond donors (Lipinski definition) is 0. The van der Waals surface area contributed by atoms with E-state index in [0.717, 1.165) is 12.8 Å². The standard InChI is InChI=1S/C16H28O2/c1-3-4-5-6-7-8-9-10-11-12-13-14-15-18-16(2)17/h3-4,6-7H,5,8-15H2,1-2H3/b4-3+,7-6?. The van der Waals surface area contributed by atoms with Crippen molar-refractivity contribution in [2.75, 3.05) is 6.61 Å². The SMILES string of the molecule is C/C=C/CC=CCCCCCCCCOC(C)=O. The van der Waals surface area contributed by atoms with Crippen LogP contribution in [-0.2, 0) is 9.53 Å². The van der Waals surface area contributed by atoms with Crippen molar-refractivity contribution in [3.05, 3.63) is 24.3 Å². The maximum Gasteiger partial charge on any atom is 0.302 e. The second-order valence-corrected chi connectivity index (χ2v) is 4.53. The lowest BCUT2D eigenvalue weighted by Gasteiger charge is -2.01. The zero-order chi connectivity index (χ0) is 13.5. The molecule has 0 N–H and O–H groups in total. The van der Waals surface area contributed by atoms with E-state index in [4.69, 9.17) is 4.74 Å². The molecule has 0 radical (unpaired) electrons. The molecule has 0 atom stereocenters. The van der Waals surface area contributed by atoms with Gasteiger partial charge in [-0.15, -0.1) is 0 Å². The van der Waals surface area contributed by atoms with Crippen LogP contribution in [0.2, 0.25) is 0 Å². The maximum atomic E-state index is 10.5. The van der Waals surface area contributed by atoms with Gasteiger partial charge in [0.1, 0.15) is 0 Å². The monoisotopic (exact) mass is 252 g/mol. The highest BCUT2D eigenvalue weighted by atomic mass is 16.5. The molecule has 0 aromatic rings. The topological polar surface area (TPSA) is 26.3 Å². The van der Waals surface area contributed by atoms with Crippen LogP contribution < -0.4 is 0 Å². The first kappa shape index (κ1) is 16.9. The van der Waals surface area contributed by atoms with E-state index in [0.29, 0.717) is 6.61 Å². The van der Waals surface area contributed by atoms with Crippen LogP contribution in [0.4, 0.5) is 0 Å². The van der Waals surface area contributed by atoms with Gasteiger partial charge in [-0.2, -0.15) is 0 Å². The van der Waals surface area contributed by atoms with Crippen molar-refractivity contribution < 1.29 is 9.53 Å². The van der Waals surface area contributed by atoms with E-state index in [9.17, 15) is 4.79 Å². The minimum atomic E-state index is -0.167. The van der Waals surface area contributed by atoms with Crippen molar-refractivity contribution in [2.45, 2.75) is 65.2 Å². The zero-order valence-electron chi connectivity index (χ0n) is 12.0. The maximum absolute atomic E-state index is 10.5. The molecular formula is C16H28O2. The van der Waals surface area contributed by atoms with Gasteiger partial charge in [-0.1, -0.05) is 50.0 Å². The number of rotatable bonds is 11. The number of unbranched alkanes of at least 4 members (excludes halogenated alkanes) is 6. The van der Waals surface area contributed by atoms with Crippen LogP contribution in [0.25, 0.3) is 0 Å². The molecule has 0 spiro atoms. The molecule has 0 aromatic carbocycles. The van der Waals surface area contributed by atoms with Crippen molar-refractivity contribution in [2.24, 2.45) is 0 Å². The molecule has 0 fully saturated rings. The summed E-state index contributed by atoms with van der Waals surface area (Å²) in [5.41, 5.74) is 0. The summed E-state index contributed by atoms with van der Waals surface area (Å²) >= 11 is 0. The van der Waals surface area contributed by atoms with Gasteiger partial charge in [0.15, 0.2) is 0 Å². The van der Waals surface area contributed by atoms with Crippen LogP contribution in [0, 0.1) is 0 Å². The van der Waals surface area contributed by atoms with E-state index in [1.54, 1.807) is 0 Å². The number of carbonyl (C=O) groups excluding carboxylic acids is 1. The third kappa shape index (κ3) is 14.9. The summed E-state index contributed by atoms with van der Waals surface area (Å²) in [6, 6.07) is 0. The Kier molecular flexibility index (Phi) is 13.2. The molecule has 0 saturated heterocycles. The first-order valence-corrected chi connectivity index (χ1v) is 7.17. The van der Waals surface area contributed by atoms with Crippen molar-refractivity contribution in [3.8, 4) is 0 Å². The lowest BCUT2D eigenvalue weighted by Crippen LogP contribution is -1.99. The summed E-state index contributed by atoms with van der Waals surface area (Å²) in [6.45, 7) is 4.10. The molecule has 104 valence electrons. The van der Waals surface area contributed by atoms with Gasteiger partial charge in [-0.05, 0) is 32.6 Å². The molecule has 0 aromatic heterocycles. The largest absolute Gasteiger partial charge is 0.466 e. The lowest BCUT2D eigenvalue weighted by atomic mass is 10.1. The van der Waals surface area contributed by atoms with E-state index < -0.39 is 0 Å². The Bertz CT molecular complexity index is 241. The Hall–Kier alpha value is -1.05. The number of ether oxygens (including phenoxy) is 1.